The second-order valence-corrected chi connectivity index (χ2v) is 6.47. The quantitative estimate of drug-likeness (QED) is 0.811. The van der Waals surface area contributed by atoms with Crippen molar-refractivity contribution in [2.24, 2.45) is 7.05 Å². The molecule has 2 N–H and O–H groups in total. The largest absolute Gasteiger partial charge is 0.489 e. The third-order valence-electron chi connectivity index (χ3n) is 4.18. The van der Waals surface area contributed by atoms with Crippen LogP contribution in [-0.4, -0.2) is 34.5 Å². The van der Waals surface area contributed by atoms with Crippen LogP contribution >= 0.6 is 0 Å². The van der Waals surface area contributed by atoms with Gasteiger partial charge >= 0.3 is 6.03 Å². The van der Waals surface area contributed by atoms with Gasteiger partial charge in [-0.25, -0.2) is 4.79 Å². The molecule has 0 saturated heterocycles. The standard InChI is InChI=1S/C19H28N4O2/c1-13(11-18-15(3)22-23(5)16(18)4)21-19(24)20-12-14(2)25-17-9-7-6-8-10-17/h6-10,13-14H,11-12H2,1-5H3,(H2,20,21,24)/t13-,14+/m0/s1. The number of carbonyl (C=O) groups excluding carboxylic acids is 1. The van der Waals surface area contributed by atoms with Gasteiger partial charge in [-0.05, 0) is 51.8 Å². The zero-order valence-corrected chi connectivity index (χ0v) is 15.7. The molecule has 6 heteroatoms. The highest BCUT2D eigenvalue weighted by atomic mass is 16.5. The molecule has 0 unspecified atom stereocenters. The maximum Gasteiger partial charge on any atom is 0.315 e. The topological polar surface area (TPSA) is 68.2 Å². The zero-order valence-electron chi connectivity index (χ0n) is 15.7. The molecule has 2 aromatic rings. The van der Waals surface area contributed by atoms with Crippen molar-refractivity contribution in [2.75, 3.05) is 6.54 Å². The van der Waals surface area contributed by atoms with E-state index >= 15 is 0 Å². The van der Waals surface area contributed by atoms with Crippen molar-refractivity contribution >= 4 is 6.03 Å². The summed E-state index contributed by atoms with van der Waals surface area (Å²) in [5.41, 5.74) is 3.34. The van der Waals surface area contributed by atoms with Gasteiger partial charge in [-0.15, -0.1) is 0 Å². The number of hydrogen-bond donors (Lipinski definition) is 2. The van der Waals surface area contributed by atoms with Gasteiger partial charge in [0.15, 0.2) is 0 Å². The smallest absolute Gasteiger partial charge is 0.315 e. The van der Waals surface area contributed by atoms with E-state index in [0.717, 1.165) is 23.6 Å². The molecular weight excluding hydrogens is 316 g/mol. The summed E-state index contributed by atoms with van der Waals surface area (Å²) in [7, 11) is 1.94. The van der Waals surface area contributed by atoms with E-state index in [1.165, 1.54) is 5.56 Å². The van der Waals surface area contributed by atoms with Gasteiger partial charge in [-0.1, -0.05) is 18.2 Å². The van der Waals surface area contributed by atoms with Crippen LogP contribution in [0.4, 0.5) is 4.79 Å². The number of para-hydroxylation sites is 1. The van der Waals surface area contributed by atoms with Crippen molar-refractivity contribution in [3.63, 3.8) is 0 Å². The molecule has 6 nitrogen and oxygen atoms in total. The summed E-state index contributed by atoms with van der Waals surface area (Å²) in [6.07, 6.45) is 0.654. The van der Waals surface area contributed by atoms with Gasteiger partial charge in [0, 0.05) is 18.8 Å². The van der Waals surface area contributed by atoms with Crippen LogP contribution in [0.25, 0.3) is 0 Å². The fraction of sp³-hybridized carbons (Fsp3) is 0.474. The van der Waals surface area contributed by atoms with Crippen LogP contribution in [0.3, 0.4) is 0 Å². The SMILES string of the molecule is Cc1nn(C)c(C)c1C[C@H](C)NC(=O)NC[C@@H](C)Oc1ccccc1. The van der Waals surface area contributed by atoms with Gasteiger partial charge in [0.1, 0.15) is 11.9 Å². The van der Waals surface area contributed by atoms with E-state index in [-0.39, 0.29) is 18.2 Å². The van der Waals surface area contributed by atoms with Crippen molar-refractivity contribution in [1.82, 2.24) is 20.4 Å². The average molecular weight is 344 g/mol. The van der Waals surface area contributed by atoms with Crippen LogP contribution in [0.2, 0.25) is 0 Å². The zero-order chi connectivity index (χ0) is 18.4. The van der Waals surface area contributed by atoms with Crippen molar-refractivity contribution in [1.29, 1.82) is 0 Å². The number of aryl methyl sites for hydroxylation is 2. The Bertz CT molecular complexity index is 697. The summed E-state index contributed by atoms with van der Waals surface area (Å²) in [5.74, 6) is 0.799. The molecule has 0 radical (unpaired) electrons. The number of amides is 2. The summed E-state index contributed by atoms with van der Waals surface area (Å²) in [4.78, 5) is 12.1. The van der Waals surface area contributed by atoms with Crippen molar-refractivity contribution < 1.29 is 9.53 Å². The van der Waals surface area contributed by atoms with E-state index in [2.05, 4.69) is 15.7 Å². The number of hydrogen-bond acceptors (Lipinski definition) is 3. The molecule has 0 fully saturated rings. The minimum Gasteiger partial charge on any atom is -0.489 e. The van der Waals surface area contributed by atoms with Crippen LogP contribution in [-0.2, 0) is 13.5 Å². The minimum atomic E-state index is -0.185. The summed E-state index contributed by atoms with van der Waals surface area (Å²) < 4.78 is 7.62. The lowest BCUT2D eigenvalue weighted by Crippen LogP contribution is -2.44. The molecule has 0 aliphatic heterocycles. The molecule has 136 valence electrons. The number of nitrogens with one attached hydrogen (secondary N) is 2. The first-order chi connectivity index (χ1) is 11.9. The summed E-state index contributed by atoms with van der Waals surface area (Å²) in [6, 6.07) is 9.42. The molecule has 1 heterocycles. The number of urea groups is 1. The number of benzene rings is 1. The number of nitrogens with zero attached hydrogens (tertiary/aromatic N) is 2. The lowest BCUT2D eigenvalue weighted by molar-refractivity contribution is 0.206. The minimum absolute atomic E-state index is 0.0203. The molecule has 0 aliphatic carbocycles. The Kier molecular flexibility index (Phi) is 6.44. The molecule has 1 aromatic carbocycles. The van der Waals surface area contributed by atoms with E-state index in [0.29, 0.717) is 6.54 Å². The lowest BCUT2D eigenvalue weighted by atomic mass is 10.1. The van der Waals surface area contributed by atoms with E-state index < -0.39 is 0 Å². The van der Waals surface area contributed by atoms with Crippen molar-refractivity contribution in [3.05, 3.63) is 47.3 Å². The molecule has 2 amide bonds. The van der Waals surface area contributed by atoms with Crippen molar-refractivity contribution in [3.8, 4) is 5.75 Å². The van der Waals surface area contributed by atoms with E-state index in [9.17, 15) is 4.79 Å². The predicted octanol–water partition coefficient (Wildman–Crippen LogP) is 2.73. The summed E-state index contributed by atoms with van der Waals surface area (Å²) in [5, 5.41) is 10.2. The summed E-state index contributed by atoms with van der Waals surface area (Å²) in [6.45, 7) is 8.41. The van der Waals surface area contributed by atoms with Crippen LogP contribution in [0.15, 0.2) is 30.3 Å². The Balaban J connectivity index is 1.75. The molecule has 0 spiro atoms. The molecular formula is C19H28N4O2. The number of ether oxygens (including phenoxy) is 1. The van der Waals surface area contributed by atoms with Gasteiger partial charge in [-0.3, -0.25) is 4.68 Å². The maximum absolute atomic E-state index is 12.1. The van der Waals surface area contributed by atoms with Gasteiger partial charge in [0.05, 0.1) is 12.2 Å². The first kappa shape index (κ1) is 18.8. The maximum atomic E-state index is 12.1. The molecule has 0 saturated carbocycles. The third kappa shape index (κ3) is 5.52. The average Bonchev–Trinajstić information content (AvgIpc) is 2.80. The normalized spacial score (nSPS) is 13.2. The fourth-order valence-electron chi connectivity index (χ4n) is 2.75. The van der Waals surface area contributed by atoms with E-state index in [1.807, 2.05) is 69.8 Å². The van der Waals surface area contributed by atoms with Crippen LogP contribution in [0, 0.1) is 13.8 Å². The first-order valence-electron chi connectivity index (χ1n) is 8.62. The highest BCUT2D eigenvalue weighted by molar-refractivity contribution is 5.74. The lowest BCUT2D eigenvalue weighted by Gasteiger charge is -2.18. The molecule has 2 rings (SSSR count). The Morgan fingerprint density at radius 1 is 1.24 bits per heavy atom. The molecule has 1 aromatic heterocycles. The second-order valence-electron chi connectivity index (χ2n) is 6.47. The monoisotopic (exact) mass is 344 g/mol. The van der Waals surface area contributed by atoms with Gasteiger partial charge in [0.2, 0.25) is 0 Å². The number of aromatic nitrogens is 2. The molecule has 0 bridgehead atoms. The highest BCUT2D eigenvalue weighted by Gasteiger charge is 2.15. The second kappa shape index (κ2) is 8.55. The number of carbonyl (C=O) groups is 1. The fourth-order valence-corrected chi connectivity index (χ4v) is 2.75. The Hall–Kier alpha value is -2.50. The van der Waals surface area contributed by atoms with Crippen LogP contribution in [0.5, 0.6) is 5.75 Å². The summed E-state index contributed by atoms with van der Waals surface area (Å²) >= 11 is 0. The predicted molar refractivity (Wildman–Crippen MR) is 98.9 cm³/mol. The van der Waals surface area contributed by atoms with Gasteiger partial charge < -0.3 is 15.4 Å². The van der Waals surface area contributed by atoms with E-state index in [1.54, 1.807) is 0 Å². The molecule has 25 heavy (non-hydrogen) atoms. The highest BCUT2D eigenvalue weighted by Crippen LogP contribution is 2.14. The first-order valence-corrected chi connectivity index (χ1v) is 8.62. The third-order valence-corrected chi connectivity index (χ3v) is 4.18. The number of rotatable bonds is 7. The van der Waals surface area contributed by atoms with Gasteiger partial charge in [0.25, 0.3) is 0 Å². The Labute approximate surface area is 149 Å². The van der Waals surface area contributed by atoms with Crippen molar-refractivity contribution in [2.45, 2.75) is 46.3 Å². The van der Waals surface area contributed by atoms with Crippen LogP contribution < -0.4 is 15.4 Å². The Morgan fingerprint density at radius 2 is 1.92 bits per heavy atom. The van der Waals surface area contributed by atoms with Crippen LogP contribution in [0.1, 0.15) is 30.8 Å². The van der Waals surface area contributed by atoms with E-state index in [4.69, 9.17) is 4.74 Å². The molecule has 0 aliphatic rings. The Morgan fingerprint density at radius 3 is 2.52 bits per heavy atom. The molecule has 2 atom stereocenters. The van der Waals surface area contributed by atoms with Gasteiger partial charge in [-0.2, -0.15) is 5.10 Å².